The molecule has 0 saturated carbocycles. The van der Waals surface area contributed by atoms with Crippen molar-refractivity contribution >= 4 is 5.91 Å². The third-order valence-corrected chi connectivity index (χ3v) is 4.53. The van der Waals surface area contributed by atoms with E-state index in [0.717, 1.165) is 22.9 Å². The summed E-state index contributed by atoms with van der Waals surface area (Å²) in [5, 5.41) is 8.77. The van der Waals surface area contributed by atoms with Crippen LogP contribution in [-0.2, 0) is 5.92 Å². The van der Waals surface area contributed by atoms with E-state index in [0.29, 0.717) is 5.56 Å². The lowest BCUT2D eigenvalue weighted by Crippen LogP contribution is -2.31. The first-order chi connectivity index (χ1) is 14.7. The number of halogens is 3. The van der Waals surface area contributed by atoms with Crippen molar-refractivity contribution < 1.29 is 18.0 Å². The number of alkyl halides is 2. The molecule has 1 aromatic heterocycles. The second kappa shape index (κ2) is 8.90. The molecule has 3 rings (SSSR count). The van der Waals surface area contributed by atoms with Gasteiger partial charge in [-0.15, -0.1) is 0 Å². The SMILES string of the molecule is C[C@@H](NC(=O)c1ccc(=O)n(-c2ccccc2F)n1)c1cccc(C(F)(F)CN=O)c1. The van der Waals surface area contributed by atoms with Gasteiger partial charge in [-0.1, -0.05) is 35.5 Å². The third-order valence-electron chi connectivity index (χ3n) is 4.53. The van der Waals surface area contributed by atoms with Gasteiger partial charge in [0.05, 0.1) is 6.04 Å². The zero-order valence-corrected chi connectivity index (χ0v) is 16.3. The molecule has 0 aliphatic carbocycles. The number of carbonyl (C=O) groups is 1. The molecule has 0 fully saturated rings. The van der Waals surface area contributed by atoms with Gasteiger partial charge in [0.15, 0.2) is 0 Å². The molecular formula is C21H17F3N4O3. The lowest BCUT2D eigenvalue weighted by molar-refractivity contribution is 0.00610. The topological polar surface area (TPSA) is 93.4 Å². The molecule has 1 amide bonds. The molecule has 2 aromatic carbocycles. The number of aromatic nitrogens is 2. The maximum absolute atomic E-state index is 14.0. The van der Waals surface area contributed by atoms with E-state index in [4.69, 9.17) is 0 Å². The van der Waals surface area contributed by atoms with Gasteiger partial charge in [0.1, 0.15) is 23.7 Å². The van der Waals surface area contributed by atoms with Crippen molar-refractivity contribution in [3.8, 4) is 5.69 Å². The van der Waals surface area contributed by atoms with Crippen molar-refractivity contribution in [2.24, 2.45) is 5.18 Å². The molecule has 3 aromatic rings. The number of hydrogen-bond acceptors (Lipinski definition) is 5. The number of para-hydroxylation sites is 1. The van der Waals surface area contributed by atoms with Crippen LogP contribution in [0.25, 0.3) is 5.69 Å². The van der Waals surface area contributed by atoms with Gasteiger partial charge in [-0.25, -0.2) is 4.39 Å². The van der Waals surface area contributed by atoms with Crippen LogP contribution in [0.4, 0.5) is 13.2 Å². The third kappa shape index (κ3) is 4.85. The lowest BCUT2D eigenvalue weighted by Gasteiger charge is -2.18. The van der Waals surface area contributed by atoms with Crippen molar-refractivity contribution in [1.82, 2.24) is 15.1 Å². The number of carbonyl (C=O) groups excluding carboxylic acids is 1. The number of nitrogens with one attached hydrogen (secondary N) is 1. The monoisotopic (exact) mass is 430 g/mol. The fourth-order valence-corrected chi connectivity index (χ4v) is 2.89. The molecule has 0 spiro atoms. The van der Waals surface area contributed by atoms with Crippen LogP contribution in [-0.4, -0.2) is 22.2 Å². The summed E-state index contributed by atoms with van der Waals surface area (Å²) in [6.45, 7) is 0.374. The standard InChI is InChI=1S/C21H17F3N4O3/c1-13(14-5-4-6-15(11-14)21(23,24)12-25-31)26-20(30)17-9-10-19(29)28(27-17)18-8-3-2-7-16(18)22/h2-11,13H,12H2,1H3,(H,26,30)/t13-/m1/s1. The maximum atomic E-state index is 14.0. The second-order valence-electron chi connectivity index (χ2n) is 6.73. The second-order valence-corrected chi connectivity index (χ2v) is 6.73. The molecule has 0 saturated heterocycles. The Labute approximate surface area is 174 Å². The van der Waals surface area contributed by atoms with Crippen LogP contribution in [0.5, 0.6) is 0 Å². The Balaban J connectivity index is 1.84. The van der Waals surface area contributed by atoms with E-state index in [9.17, 15) is 27.7 Å². The van der Waals surface area contributed by atoms with Gasteiger partial charge in [0.2, 0.25) is 0 Å². The molecule has 0 aliphatic heterocycles. The van der Waals surface area contributed by atoms with Gasteiger partial charge in [-0.05, 0) is 36.8 Å². The van der Waals surface area contributed by atoms with E-state index in [2.05, 4.69) is 15.6 Å². The number of amides is 1. The molecule has 1 heterocycles. The van der Waals surface area contributed by atoms with E-state index >= 15 is 0 Å². The van der Waals surface area contributed by atoms with Gasteiger partial charge in [-0.3, -0.25) is 9.59 Å². The van der Waals surface area contributed by atoms with E-state index in [-0.39, 0.29) is 11.4 Å². The van der Waals surface area contributed by atoms with Gasteiger partial charge in [0, 0.05) is 11.6 Å². The van der Waals surface area contributed by atoms with Gasteiger partial charge < -0.3 is 5.32 Å². The minimum atomic E-state index is -3.43. The first kappa shape index (κ1) is 21.9. The van der Waals surface area contributed by atoms with Crippen LogP contribution >= 0.6 is 0 Å². The van der Waals surface area contributed by atoms with Crippen LogP contribution in [0.2, 0.25) is 0 Å². The van der Waals surface area contributed by atoms with E-state index in [1.807, 2.05) is 0 Å². The number of benzene rings is 2. The highest BCUT2D eigenvalue weighted by atomic mass is 19.3. The van der Waals surface area contributed by atoms with Crippen molar-refractivity contribution in [2.75, 3.05) is 6.54 Å². The van der Waals surface area contributed by atoms with Crippen molar-refractivity contribution in [3.63, 3.8) is 0 Å². The Morgan fingerprint density at radius 2 is 1.90 bits per heavy atom. The summed E-state index contributed by atoms with van der Waals surface area (Å²) in [6.07, 6.45) is 0. The normalized spacial score (nSPS) is 12.3. The summed E-state index contributed by atoms with van der Waals surface area (Å²) in [4.78, 5) is 34.9. The van der Waals surface area contributed by atoms with E-state index in [1.165, 1.54) is 42.5 Å². The van der Waals surface area contributed by atoms with Crippen LogP contribution in [0.3, 0.4) is 0 Å². The smallest absolute Gasteiger partial charge is 0.295 e. The highest BCUT2D eigenvalue weighted by Gasteiger charge is 2.32. The summed E-state index contributed by atoms with van der Waals surface area (Å²) in [5.41, 5.74) is -0.959. The predicted octanol–water partition coefficient (Wildman–Crippen LogP) is 3.72. The fourth-order valence-electron chi connectivity index (χ4n) is 2.89. The summed E-state index contributed by atoms with van der Waals surface area (Å²) in [6, 6.07) is 12.3. The first-order valence-electron chi connectivity index (χ1n) is 9.16. The molecule has 7 nitrogen and oxygen atoms in total. The van der Waals surface area contributed by atoms with Crippen LogP contribution in [0.1, 0.15) is 34.6 Å². The van der Waals surface area contributed by atoms with Crippen molar-refractivity contribution in [1.29, 1.82) is 0 Å². The lowest BCUT2D eigenvalue weighted by atomic mass is 10.0. The zero-order chi connectivity index (χ0) is 22.6. The average molecular weight is 430 g/mol. The molecule has 0 unspecified atom stereocenters. The minimum absolute atomic E-state index is 0.117. The Morgan fingerprint density at radius 1 is 1.16 bits per heavy atom. The van der Waals surface area contributed by atoms with Crippen LogP contribution in [0.15, 0.2) is 70.6 Å². The molecule has 1 N–H and O–H groups in total. The summed E-state index contributed by atoms with van der Waals surface area (Å²) in [5.74, 6) is -4.81. The highest BCUT2D eigenvalue weighted by Crippen LogP contribution is 2.30. The number of nitroso groups, excluding NO2 is 1. The molecule has 31 heavy (non-hydrogen) atoms. The van der Waals surface area contributed by atoms with Gasteiger partial charge in [0.25, 0.3) is 17.4 Å². The Morgan fingerprint density at radius 3 is 2.61 bits per heavy atom. The highest BCUT2D eigenvalue weighted by molar-refractivity contribution is 5.92. The Hall–Kier alpha value is -3.82. The fraction of sp³-hybridized carbons (Fsp3) is 0.190. The largest absolute Gasteiger partial charge is 0.344 e. The molecule has 0 radical (unpaired) electrons. The molecule has 1 atom stereocenters. The van der Waals surface area contributed by atoms with Crippen LogP contribution in [0, 0.1) is 10.7 Å². The molecule has 0 aliphatic rings. The maximum Gasteiger partial charge on any atom is 0.295 e. The number of hydrogen-bond donors (Lipinski definition) is 1. The van der Waals surface area contributed by atoms with Crippen LogP contribution < -0.4 is 10.9 Å². The minimum Gasteiger partial charge on any atom is -0.344 e. The quantitative estimate of drug-likeness (QED) is 0.578. The van der Waals surface area contributed by atoms with Crippen molar-refractivity contribution in [3.05, 3.63) is 98.6 Å². The van der Waals surface area contributed by atoms with Gasteiger partial charge in [-0.2, -0.15) is 23.5 Å². The van der Waals surface area contributed by atoms with Gasteiger partial charge >= 0.3 is 0 Å². The number of nitrogens with zero attached hydrogens (tertiary/aromatic N) is 3. The van der Waals surface area contributed by atoms with E-state index < -0.39 is 41.4 Å². The van der Waals surface area contributed by atoms with E-state index in [1.54, 1.807) is 6.92 Å². The summed E-state index contributed by atoms with van der Waals surface area (Å²) < 4.78 is 42.7. The zero-order valence-electron chi connectivity index (χ0n) is 16.3. The number of rotatable bonds is 7. The molecular weight excluding hydrogens is 413 g/mol. The average Bonchev–Trinajstić information content (AvgIpc) is 2.74. The Kier molecular flexibility index (Phi) is 6.28. The summed E-state index contributed by atoms with van der Waals surface area (Å²) in [7, 11) is 0. The molecule has 160 valence electrons. The molecule has 10 heteroatoms. The first-order valence-corrected chi connectivity index (χ1v) is 9.16. The van der Waals surface area contributed by atoms with Crippen molar-refractivity contribution in [2.45, 2.75) is 18.9 Å². The summed E-state index contributed by atoms with van der Waals surface area (Å²) >= 11 is 0. The predicted molar refractivity (Wildman–Crippen MR) is 107 cm³/mol. The molecule has 0 bridgehead atoms. The Bertz CT molecular complexity index is 1180.